The summed E-state index contributed by atoms with van der Waals surface area (Å²) in [6, 6.07) is 3.28. The fourth-order valence-corrected chi connectivity index (χ4v) is 0.522. The molecule has 0 nitrogen and oxygen atoms in total. The number of rotatable bonds is 0. The first-order valence-corrected chi connectivity index (χ1v) is 2.47. The van der Waals surface area contributed by atoms with E-state index in [1.165, 1.54) is 12.1 Å². The number of hydrogen-bond donors (Lipinski definition) is 0. The molecule has 0 bridgehead atoms. The zero-order valence-corrected chi connectivity index (χ0v) is 9.50. The van der Waals surface area contributed by atoms with E-state index in [0.29, 0.717) is 0 Å². The summed E-state index contributed by atoms with van der Waals surface area (Å²) in [5.74, 6) is -1.17. The molecule has 56 valence electrons. The second-order valence-electron chi connectivity index (χ2n) is 1.74. The van der Waals surface area contributed by atoms with Crippen LogP contribution in [0.2, 0.25) is 0 Å². The zero-order chi connectivity index (χ0) is 6.85. The molecule has 0 fully saturated rings. The van der Waals surface area contributed by atoms with Crippen molar-refractivity contribution < 1.29 is 40.7 Å². The van der Waals surface area contributed by atoms with Crippen molar-refractivity contribution in [2.75, 3.05) is 0 Å². The molecular formula is C7H5ClF2Zn. The first-order chi connectivity index (χ1) is 4.20. The van der Waals surface area contributed by atoms with E-state index < -0.39 is 11.6 Å². The molecule has 0 unspecified atom stereocenters. The van der Waals surface area contributed by atoms with E-state index in [4.69, 9.17) is 0 Å². The standard InChI is InChI=1S/C7H5F2.ClH.Zn/c1-5-2-3-6(8)4-7(5)9;;/h2-4H,1H2;1H;/q-1;;+2/p-1. The van der Waals surface area contributed by atoms with Crippen LogP contribution in [0.3, 0.4) is 0 Å². The SMILES string of the molecule is [CH2-]c1ccc(F)cc1F.[Cl-].[Zn+2]. The molecule has 1 aromatic carbocycles. The van der Waals surface area contributed by atoms with Gasteiger partial charge in [0.05, 0.1) is 0 Å². The topological polar surface area (TPSA) is 0 Å². The third kappa shape index (κ3) is 3.69. The average Bonchev–Trinajstić information content (AvgIpc) is 1.80. The summed E-state index contributed by atoms with van der Waals surface area (Å²) in [6.07, 6.45) is 0. The first kappa shape index (κ1) is 13.5. The molecule has 1 aromatic rings. The van der Waals surface area contributed by atoms with Crippen LogP contribution in [-0.4, -0.2) is 0 Å². The number of benzene rings is 1. The predicted octanol–water partition coefficient (Wildman–Crippen LogP) is -0.852. The van der Waals surface area contributed by atoms with Gasteiger partial charge in [0.1, 0.15) is 5.82 Å². The summed E-state index contributed by atoms with van der Waals surface area (Å²) in [7, 11) is 0. The largest absolute Gasteiger partial charge is 2.00 e. The minimum atomic E-state index is -0.602. The van der Waals surface area contributed by atoms with E-state index in [2.05, 4.69) is 6.92 Å². The van der Waals surface area contributed by atoms with Crippen LogP contribution in [0.1, 0.15) is 5.56 Å². The van der Waals surface area contributed by atoms with Crippen molar-refractivity contribution >= 4 is 0 Å². The van der Waals surface area contributed by atoms with E-state index in [9.17, 15) is 8.78 Å². The normalized spacial score (nSPS) is 7.82. The fraction of sp³-hybridized carbons (Fsp3) is 0. The van der Waals surface area contributed by atoms with E-state index in [1.807, 2.05) is 0 Å². The molecule has 1 rings (SSSR count). The molecule has 0 spiro atoms. The monoisotopic (exact) mass is 226 g/mol. The molecule has 0 aliphatic carbocycles. The van der Waals surface area contributed by atoms with Gasteiger partial charge in [-0.05, 0) is 6.07 Å². The molecule has 11 heavy (non-hydrogen) atoms. The Labute approximate surface area is 83.2 Å². The predicted molar refractivity (Wildman–Crippen MR) is 30.8 cm³/mol. The van der Waals surface area contributed by atoms with Gasteiger partial charge in [0.2, 0.25) is 0 Å². The maximum Gasteiger partial charge on any atom is 2.00 e. The molecule has 0 aromatic heterocycles. The smallest absolute Gasteiger partial charge is 1.00 e. The minimum absolute atomic E-state index is 0. The van der Waals surface area contributed by atoms with Crippen molar-refractivity contribution in [3.05, 3.63) is 42.3 Å². The van der Waals surface area contributed by atoms with Gasteiger partial charge in [0, 0.05) is 5.82 Å². The molecule has 0 aliphatic heterocycles. The Morgan fingerprint density at radius 2 is 1.73 bits per heavy atom. The van der Waals surface area contributed by atoms with Gasteiger partial charge in [-0.1, -0.05) is 6.07 Å². The molecule has 0 saturated heterocycles. The second kappa shape index (κ2) is 5.51. The Bertz CT molecular complexity index is 228. The summed E-state index contributed by atoms with van der Waals surface area (Å²) >= 11 is 0. The van der Waals surface area contributed by atoms with Gasteiger partial charge in [-0.15, -0.1) is 0 Å². The Balaban J connectivity index is 0. The van der Waals surface area contributed by atoms with E-state index in [1.54, 1.807) is 0 Å². The maximum absolute atomic E-state index is 12.3. The molecule has 4 heteroatoms. The van der Waals surface area contributed by atoms with Crippen LogP contribution in [0.15, 0.2) is 18.2 Å². The summed E-state index contributed by atoms with van der Waals surface area (Å²) in [5.41, 5.74) is 0.219. The molecule has 0 saturated carbocycles. The Morgan fingerprint density at radius 1 is 1.18 bits per heavy atom. The van der Waals surface area contributed by atoms with Crippen LogP contribution in [-0.2, 0) is 19.5 Å². The minimum Gasteiger partial charge on any atom is -1.00 e. The maximum atomic E-state index is 12.3. The third-order valence-electron chi connectivity index (χ3n) is 1.02. The first-order valence-electron chi connectivity index (χ1n) is 2.47. The van der Waals surface area contributed by atoms with Gasteiger partial charge in [-0.2, -0.15) is 18.6 Å². The summed E-state index contributed by atoms with van der Waals surface area (Å²) < 4.78 is 24.4. The van der Waals surface area contributed by atoms with Gasteiger partial charge < -0.3 is 12.4 Å². The van der Waals surface area contributed by atoms with Crippen molar-refractivity contribution in [3.8, 4) is 0 Å². The van der Waals surface area contributed by atoms with Crippen molar-refractivity contribution in [1.29, 1.82) is 0 Å². The van der Waals surface area contributed by atoms with Crippen LogP contribution in [0.25, 0.3) is 0 Å². The van der Waals surface area contributed by atoms with E-state index in [0.717, 1.165) is 6.07 Å². The van der Waals surface area contributed by atoms with Crippen molar-refractivity contribution in [2.45, 2.75) is 0 Å². The molecule has 0 atom stereocenters. The fourth-order valence-electron chi connectivity index (χ4n) is 0.522. The van der Waals surface area contributed by atoms with Crippen molar-refractivity contribution in [2.24, 2.45) is 0 Å². The van der Waals surface area contributed by atoms with Crippen LogP contribution < -0.4 is 12.4 Å². The Morgan fingerprint density at radius 3 is 2.09 bits per heavy atom. The van der Waals surface area contributed by atoms with Gasteiger partial charge in [-0.25, -0.2) is 4.39 Å². The van der Waals surface area contributed by atoms with E-state index in [-0.39, 0.29) is 37.4 Å². The van der Waals surface area contributed by atoms with Crippen LogP contribution in [0, 0.1) is 18.6 Å². The zero-order valence-electron chi connectivity index (χ0n) is 5.78. The molecule has 0 heterocycles. The molecule has 0 radical (unpaired) electrons. The van der Waals surface area contributed by atoms with Crippen LogP contribution >= 0.6 is 0 Å². The molecule has 0 aliphatic rings. The Kier molecular flexibility index (Phi) is 6.73. The van der Waals surface area contributed by atoms with Crippen LogP contribution in [0.5, 0.6) is 0 Å². The van der Waals surface area contributed by atoms with Gasteiger partial charge in [0.15, 0.2) is 0 Å². The molecular weight excluding hydrogens is 223 g/mol. The van der Waals surface area contributed by atoms with Crippen LogP contribution in [0.4, 0.5) is 8.78 Å². The quantitative estimate of drug-likeness (QED) is 0.400. The van der Waals surface area contributed by atoms with E-state index >= 15 is 0 Å². The third-order valence-corrected chi connectivity index (χ3v) is 1.02. The van der Waals surface area contributed by atoms with Crippen molar-refractivity contribution in [1.82, 2.24) is 0 Å². The second-order valence-corrected chi connectivity index (χ2v) is 1.74. The van der Waals surface area contributed by atoms with Gasteiger partial charge >= 0.3 is 19.5 Å². The average molecular weight is 228 g/mol. The summed E-state index contributed by atoms with van der Waals surface area (Å²) in [4.78, 5) is 0. The Hall–Kier alpha value is -0.137. The number of halogens is 3. The van der Waals surface area contributed by atoms with Crippen molar-refractivity contribution in [3.63, 3.8) is 0 Å². The van der Waals surface area contributed by atoms with Gasteiger partial charge in [-0.3, -0.25) is 4.39 Å². The summed E-state index contributed by atoms with van der Waals surface area (Å²) in [5, 5.41) is 0. The molecule has 0 N–H and O–H groups in total. The summed E-state index contributed by atoms with van der Waals surface area (Å²) in [6.45, 7) is 3.32. The number of hydrogen-bond acceptors (Lipinski definition) is 0. The molecule has 0 amide bonds. The van der Waals surface area contributed by atoms with Gasteiger partial charge in [0.25, 0.3) is 0 Å².